The van der Waals surface area contributed by atoms with Crippen LogP contribution in [-0.2, 0) is 4.74 Å². The number of nitrogens with zero attached hydrogens (tertiary/aromatic N) is 1. The molecule has 0 saturated heterocycles. The van der Waals surface area contributed by atoms with E-state index in [2.05, 4.69) is 5.32 Å². The zero-order valence-corrected chi connectivity index (χ0v) is 11.5. The Morgan fingerprint density at radius 1 is 1.22 bits per heavy atom. The first kappa shape index (κ1) is 17.7. The maximum atomic E-state index is 11.9. The molecule has 0 aliphatic rings. The van der Waals surface area contributed by atoms with E-state index in [1.807, 2.05) is 25.9 Å². The summed E-state index contributed by atoms with van der Waals surface area (Å²) >= 11 is 0. The lowest BCUT2D eigenvalue weighted by molar-refractivity contribution is -0.135. The second-order valence-corrected chi connectivity index (χ2v) is 4.78. The zero-order chi connectivity index (χ0) is 14.0. The Balaban J connectivity index is 3.29. The Bertz CT molecular complexity index is 198. The summed E-state index contributed by atoms with van der Waals surface area (Å²) in [6.07, 6.45) is -4.01. The van der Waals surface area contributed by atoms with Crippen molar-refractivity contribution in [2.75, 3.05) is 40.4 Å². The largest absolute Gasteiger partial charge is 0.389 e. The standard InChI is InChI=1S/C12H25F3N2O/c1-11(5-4-6-12(13,14)15)16-7-9-18-10-8-17(2)3/h11,16H,4-10H2,1-3H3. The smallest absolute Gasteiger partial charge is 0.379 e. The number of likely N-dealkylation sites (N-methyl/N-ethyl adjacent to an activating group) is 1. The normalized spacial score (nSPS) is 14.2. The van der Waals surface area contributed by atoms with Crippen molar-refractivity contribution in [2.45, 2.75) is 38.4 Å². The van der Waals surface area contributed by atoms with Gasteiger partial charge in [-0.3, -0.25) is 0 Å². The van der Waals surface area contributed by atoms with Crippen LogP contribution in [0, 0.1) is 0 Å². The summed E-state index contributed by atoms with van der Waals surface area (Å²) in [5.41, 5.74) is 0. The summed E-state index contributed by atoms with van der Waals surface area (Å²) in [6, 6.07) is 0.102. The molecule has 110 valence electrons. The number of alkyl halides is 3. The van der Waals surface area contributed by atoms with Crippen LogP contribution in [0.5, 0.6) is 0 Å². The maximum absolute atomic E-state index is 11.9. The van der Waals surface area contributed by atoms with Crippen LogP contribution in [-0.4, -0.2) is 57.5 Å². The molecule has 0 bridgehead atoms. The molecule has 0 heterocycles. The average Bonchev–Trinajstić information content (AvgIpc) is 2.20. The quantitative estimate of drug-likeness (QED) is 0.616. The minimum atomic E-state index is -4.03. The van der Waals surface area contributed by atoms with E-state index in [9.17, 15) is 13.2 Å². The summed E-state index contributed by atoms with van der Waals surface area (Å²) in [5, 5.41) is 3.15. The van der Waals surface area contributed by atoms with Crippen LogP contribution in [0.25, 0.3) is 0 Å². The lowest BCUT2D eigenvalue weighted by Crippen LogP contribution is -2.30. The van der Waals surface area contributed by atoms with Crippen molar-refractivity contribution in [1.82, 2.24) is 10.2 Å². The van der Waals surface area contributed by atoms with Crippen molar-refractivity contribution >= 4 is 0 Å². The van der Waals surface area contributed by atoms with Gasteiger partial charge in [0.2, 0.25) is 0 Å². The van der Waals surface area contributed by atoms with Gasteiger partial charge in [0, 0.05) is 25.6 Å². The number of hydrogen-bond acceptors (Lipinski definition) is 3. The van der Waals surface area contributed by atoms with Crippen molar-refractivity contribution in [3.05, 3.63) is 0 Å². The fourth-order valence-corrected chi connectivity index (χ4v) is 1.44. The third-order valence-corrected chi connectivity index (χ3v) is 2.52. The number of nitrogens with one attached hydrogen (secondary N) is 1. The lowest BCUT2D eigenvalue weighted by atomic mass is 10.1. The van der Waals surface area contributed by atoms with Gasteiger partial charge >= 0.3 is 6.18 Å². The van der Waals surface area contributed by atoms with Gasteiger partial charge in [-0.05, 0) is 33.9 Å². The van der Waals surface area contributed by atoms with Gasteiger partial charge in [0.25, 0.3) is 0 Å². The molecule has 0 aliphatic carbocycles. The Labute approximate surface area is 108 Å². The summed E-state index contributed by atoms with van der Waals surface area (Å²) in [7, 11) is 3.95. The van der Waals surface area contributed by atoms with E-state index in [-0.39, 0.29) is 12.5 Å². The molecule has 18 heavy (non-hydrogen) atoms. The van der Waals surface area contributed by atoms with Gasteiger partial charge < -0.3 is 15.0 Å². The van der Waals surface area contributed by atoms with Gasteiger partial charge in [-0.15, -0.1) is 0 Å². The molecule has 1 unspecified atom stereocenters. The second-order valence-electron chi connectivity index (χ2n) is 4.78. The zero-order valence-electron chi connectivity index (χ0n) is 11.5. The molecular formula is C12H25F3N2O. The summed E-state index contributed by atoms with van der Waals surface area (Å²) in [4.78, 5) is 2.03. The number of halogens is 3. The highest BCUT2D eigenvalue weighted by atomic mass is 19.4. The van der Waals surface area contributed by atoms with Gasteiger partial charge in [-0.1, -0.05) is 0 Å². The van der Waals surface area contributed by atoms with Crippen molar-refractivity contribution in [3.63, 3.8) is 0 Å². The van der Waals surface area contributed by atoms with Crippen LogP contribution in [0.4, 0.5) is 13.2 Å². The molecule has 0 aliphatic heterocycles. The lowest BCUT2D eigenvalue weighted by Gasteiger charge is -2.15. The molecular weight excluding hydrogens is 245 g/mol. The van der Waals surface area contributed by atoms with Gasteiger partial charge in [0.15, 0.2) is 0 Å². The minimum absolute atomic E-state index is 0.102. The molecule has 0 saturated carbocycles. The van der Waals surface area contributed by atoms with Gasteiger partial charge in [-0.25, -0.2) is 0 Å². The fraction of sp³-hybridized carbons (Fsp3) is 1.00. The van der Waals surface area contributed by atoms with Gasteiger partial charge in [0.1, 0.15) is 0 Å². The molecule has 0 aromatic heterocycles. The molecule has 0 amide bonds. The Morgan fingerprint density at radius 2 is 1.89 bits per heavy atom. The van der Waals surface area contributed by atoms with Crippen LogP contribution in [0.3, 0.4) is 0 Å². The predicted molar refractivity (Wildman–Crippen MR) is 66.7 cm³/mol. The third-order valence-electron chi connectivity index (χ3n) is 2.52. The fourth-order valence-electron chi connectivity index (χ4n) is 1.44. The van der Waals surface area contributed by atoms with Crippen LogP contribution >= 0.6 is 0 Å². The van der Waals surface area contributed by atoms with Crippen LogP contribution in [0.1, 0.15) is 26.2 Å². The summed E-state index contributed by atoms with van der Waals surface area (Å²) < 4.78 is 41.1. The highest BCUT2D eigenvalue weighted by Crippen LogP contribution is 2.22. The van der Waals surface area contributed by atoms with E-state index in [4.69, 9.17) is 4.74 Å². The van der Waals surface area contributed by atoms with Crippen LogP contribution in [0.2, 0.25) is 0 Å². The SMILES string of the molecule is CC(CCCC(F)(F)F)NCCOCCN(C)C. The van der Waals surface area contributed by atoms with E-state index in [0.29, 0.717) is 26.2 Å². The topological polar surface area (TPSA) is 24.5 Å². The first-order valence-electron chi connectivity index (χ1n) is 6.34. The molecule has 0 spiro atoms. The molecule has 1 atom stereocenters. The molecule has 3 nitrogen and oxygen atoms in total. The number of rotatable bonds is 10. The molecule has 0 aromatic carbocycles. The summed E-state index contributed by atoms with van der Waals surface area (Å²) in [5.74, 6) is 0. The molecule has 0 fully saturated rings. The molecule has 0 rings (SSSR count). The molecule has 6 heteroatoms. The number of ether oxygens (including phenoxy) is 1. The predicted octanol–water partition coefficient (Wildman–Crippen LogP) is 2.28. The summed E-state index contributed by atoms with van der Waals surface area (Å²) in [6.45, 7) is 4.73. The van der Waals surface area contributed by atoms with Crippen molar-refractivity contribution in [1.29, 1.82) is 0 Å². The Kier molecular flexibility index (Phi) is 9.40. The Morgan fingerprint density at radius 3 is 2.44 bits per heavy atom. The highest BCUT2D eigenvalue weighted by Gasteiger charge is 2.26. The monoisotopic (exact) mass is 270 g/mol. The highest BCUT2D eigenvalue weighted by molar-refractivity contribution is 4.62. The molecule has 0 aromatic rings. The maximum Gasteiger partial charge on any atom is 0.389 e. The first-order chi connectivity index (χ1) is 8.31. The van der Waals surface area contributed by atoms with Crippen molar-refractivity contribution in [3.8, 4) is 0 Å². The van der Waals surface area contributed by atoms with Crippen molar-refractivity contribution in [2.24, 2.45) is 0 Å². The second kappa shape index (κ2) is 9.58. The van der Waals surface area contributed by atoms with E-state index in [1.165, 1.54) is 0 Å². The molecule has 1 N–H and O–H groups in total. The minimum Gasteiger partial charge on any atom is -0.379 e. The molecule has 0 radical (unpaired) electrons. The van der Waals surface area contributed by atoms with E-state index in [1.54, 1.807) is 0 Å². The van der Waals surface area contributed by atoms with E-state index in [0.717, 1.165) is 6.54 Å². The average molecular weight is 270 g/mol. The van der Waals surface area contributed by atoms with Gasteiger partial charge in [0.05, 0.1) is 13.2 Å². The van der Waals surface area contributed by atoms with E-state index >= 15 is 0 Å². The van der Waals surface area contributed by atoms with Crippen LogP contribution in [0.15, 0.2) is 0 Å². The number of hydrogen-bond donors (Lipinski definition) is 1. The van der Waals surface area contributed by atoms with Crippen molar-refractivity contribution < 1.29 is 17.9 Å². The van der Waals surface area contributed by atoms with Crippen LogP contribution < -0.4 is 5.32 Å². The Hall–Kier alpha value is -0.330. The van der Waals surface area contributed by atoms with E-state index < -0.39 is 12.6 Å². The third kappa shape index (κ3) is 13.7. The first-order valence-corrected chi connectivity index (χ1v) is 6.34. The van der Waals surface area contributed by atoms with Gasteiger partial charge in [-0.2, -0.15) is 13.2 Å².